The molecular formula is C18H14ClN7O4. The van der Waals surface area contributed by atoms with E-state index in [-0.39, 0.29) is 34.6 Å². The lowest BCUT2D eigenvalue weighted by Crippen LogP contribution is -2.28. The highest BCUT2D eigenvalue weighted by molar-refractivity contribution is 6.34. The number of halogens is 1. The second-order valence-corrected chi connectivity index (χ2v) is 6.85. The van der Waals surface area contributed by atoms with Crippen LogP contribution in [0.4, 0.5) is 5.69 Å². The monoisotopic (exact) mass is 427 g/mol. The van der Waals surface area contributed by atoms with Crippen LogP contribution in [0.25, 0.3) is 17.2 Å². The fourth-order valence-corrected chi connectivity index (χ4v) is 2.97. The van der Waals surface area contributed by atoms with Crippen LogP contribution in [-0.4, -0.2) is 42.1 Å². The van der Waals surface area contributed by atoms with E-state index in [1.54, 1.807) is 29.0 Å². The molecule has 0 radical (unpaired) electrons. The van der Waals surface area contributed by atoms with E-state index >= 15 is 0 Å². The lowest BCUT2D eigenvalue weighted by Gasteiger charge is -2.10. The minimum atomic E-state index is -0.581. The van der Waals surface area contributed by atoms with Gasteiger partial charge < -0.3 is 9.84 Å². The third-order valence-electron chi connectivity index (χ3n) is 4.31. The Morgan fingerprint density at radius 1 is 1.40 bits per heavy atom. The van der Waals surface area contributed by atoms with Crippen LogP contribution in [0.3, 0.4) is 0 Å². The summed E-state index contributed by atoms with van der Waals surface area (Å²) in [4.78, 5) is 31.1. The molecule has 0 bridgehead atoms. The second kappa shape index (κ2) is 7.87. The zero-order chi connectivity index (χ0) is 21.3. The van der Waals surface area contributed by atoms with Crippen LogP contribution in [0.1, 0.15) is 29.0 Å². The highest BCUT2D eigenvalue weighted by atomic mass is 35.5. The third kappa shape index (κ3) is 3.82. The maximum Gasteiger partial charge on any atom is 0.278 e. The number of hydrogen-bond donors (Lipinski definition) is 1. The lowest BCUT2D eigenvalue weighted by atomic mass is 10.1. The predicted molar refractivity (Wildman–Crippen MR) is 105 cm³/mol. The van der Waals surface area contributed by atoms with Crippen molar-refractivity contribution < 1.29 is 14.2 Å². The standard InChI is InChI=1S/C18H14ClN7O4/c1-10(9-21-17(27)12-4-3-11(26(28)29)7-13(12)19)16-22-18(30-24-16)14-8-15-20-5-2-6-25(15)23-14/h2-8,10H,9H2,1H3,(H,21,27). The summed E-state index contributed by atoms with van der Waals surface area (Å²) in [6.45, 7) is 2.02. The first-order valence-electron chi connectivity index (χ1n) is 8.79. The summed E-state index contributed by atoms with van der Waals surface area (Å²) in [7, 11) is 0. The van der Waals surface area contributed by atoms with Crippen molar-refractivity contribution >= 4 is 28.8 Å². The maximum absolute atomic E-state index is 12.4. The number of benzene rings is 1. The average Bonchev–Trinajstić information content (AvgIpc) is 3.38. The summed E-state index contributed by atoms with van der Waals surface area (Å²) >= 11 is 5.99. The molecule has 1 aromatic carbocycles. The Hall–Kier alpha value is -3.86. The molecule has 0 aliphatic rings. The molecule has 11 nitrogen and oxygen atoms in total. The highest BCUT2D eigenvalue weighted by Crippen LogP contribution is 2.23. The molecule has 4 aromatic rings. The van der Waals surface area contributed by atoms with Gasteiger partial charge in [-0.1, -0.05) is 23.7 Å². The van der Waals surface area contributed by atoms with Gasteiger partial charge in [0.1, 0.15) is 0 Å². The van der Waals surface area contributed by atoms with E-state index in [9.17, 15) is 14.9 Å². The first kappa shape index (κ1) is 19.5. The van der Waals surface area contributed by atoms with Crippen molar-refractivity contribution in [2.24, 2.45) is 0 Å². The van der Waals surface area contributed by atoms with Crippen LogP contribution < -0.4 is 5.32 Å². The molecule has 0 spiro atoms. The Balaban J connectivity index is 1.43. The number of non-ortho nitro benzene ring substituents is 1. The normalized spacial score (nSPS) is 12.1. The Morgan fingerprint density at radius 2 is 2.23 bits per heavy atom. The molecule has 0 aliphatic carbocycles. The quantitative estimate of drug-likeness (QED) is 0.365. The molecule has 1 N–H and O–H groups in total. The number of amides is 1. The fraction of sp³-hybridized carbons (Fsp3) is 0.167. The van der Waals surface area contributed by atoms with Crippen molar-refractivity contribution in [1.82, 2.24) is 30.1 Å². The molecule has 0 aliphatic heterocycles. The Bertz CT molecular complexity index is 1220. The summed E-state index contributed by atoms with van der Waals surface area (Å²) in [5.74, 6) is -0.0903. The summed E-state index contributed by atoms with van der Waals surface area (Å²) in [5, 5.41) is 21.8. The van der Waals surface area contributed by atoms with Gasteiger partial charge in [0.2, 0.25) is 0 Å². The second-order valence-electron chi connectivity index (χ2n) is 6.44. The van der Waals surface area contributed by atoms with Gasteiger partial charge in [0.05, 0.1) is 15.5 Å². The number of fused-ring (bicyclic) bond motifs is 1. The van der Waals surface area contributed by atoms with E-state index in [0.717, 1.165) is 6.07 Å². The topological polar surface area (TPSA) is 141 Å². The maximum atomic E-state index is 12.4. The van der Waals surface area contributed by atoms with E-state index < -0.39 is 10.8 Å². The minimum absolute atomic E-state index is 0.00309. The molecule has 1 unspecified atom stereocenters. The molecule has 3 heterocycles. The molecule has 12 heteroatoms. The Morgan fingerprint density at radius 3 is 2.97 bits per heavy atom. The molecule has 152 valence electrons. The number of nitro groups is 1. The molecule has 0 saturated heterocycles. The Labute approximate surface area is 173 Å². The number of nitrogens with one attached hydrogen (secondary N) is 1. The molecule has 0 saturated carbocycles. The van der Waals surface area contributed by atoms with Gasteiger partial charge in [-0.15, -0.1) is 0 Å². The van der Waals surface area contributed by atoms with E-state index in [0.29, 0.717) is 17.2 Å². The SMILES string of the molecule is CC(CNC(=O)c1ccc([N+](=O)[O-])cc1Cl)c1noc(-c2cc3ncccn3n2)n1. The Kier molecular flexibility index (Phi) is 5.11. The van der Waals surface area contributed by atoms with Crippen LogP contribution in [0.15, 0.2) is 47.2 Å². The minimum Gasteiger partial charge on any atom is -0.351 e. The number of carbonyl (C=O) groups excluding carboxylic acids is 1. The zero-order valence-corrected chi connectivity index (χ0v) is 16.3. The number of nitrogens with zero attached hydrogens (tertiary/aromatic N) is 6. The van der Waals surface area contributed by atoms with Gasteiger partial charge in [-0.2, -0.15) is 10.1 Å². The van der Waals surface area contributed by atoms with Gasteiger partial charge in [-0.25, -0.2) is 9.50 Å². The average molecular weight is 428 g/mol. The largest absolute Gasteiger partial charge is 0.351 e. The highest BCUT2D eigenvalue weighted by Gasteiger charge is 2.20. The van der Waals surface area contributed by atoms with Gasteiger partial charge in [0.15, 0.2) is 17.2 Å². The van der Waals surface area contributed by atoms with E-state index in [1.807, 2.05) is 6.92 Å². The van der Waals surface area contributed by atoms with Gasteiger partial charge in [-0.05, 0) is 12.1 Å². The predicted octanol–water partition coefficient (Wildman–Crippen LogP) is 2.87. The number of rotatable bonds is 6. The zero-order valence-electron chi connectivity index (χ0n) is 15.5. The molecule has 4 rings (SSSR count). The summed E-state index contributed by atoms with van der Waals surface area (Å²) in [5.41, 5.74) is 1.08. The fourth-order valence-electron chi connectivity index (χ4n) is 2.71. The first-order chi connectivity index (χ1) is 14.4. The van der Waals surface area contributed by atoms with Gasteiger partial charge in [0.25, 0.3) is 17.5 Å². The van der Waals surface area contributed by atoms with Crippen LogP contribution in [0, 0.1) is 10.1 Å². The number of carbonyl (C=O) groups is 1. The van der Waals surface area contributed by atoms with Crippen molar-refractivity contribution in [1.29, 1.82) is 0 Å². The number of aromatic nitrogens is 5. The van der Waals surface area contributed by atoms with Crippen LogP contribution in [-0.2, 0) is 0 Å². The third-order valence-corrected chi connectivity index (χ3v) is 4.63. The molecule has 0 fully saturated rings. The van der Waals surface area contributed by atoms with Crippen LogP contribution in [0.5, 0.6) is 0 Å². The van der Waals surface area contributed by atoms with Crippen LogP contribution >= 0.6 is 11.6 Å². The molecule has 1 amide bonds. The van der Waals surface area contributed by atoms with Crippen LogP contribution in [0.2, 0.25) is 5.02 Å². The van der Waals surface area contributed by atoms with Crippen molar-refractivity contribution in [2.75, 3.05) is 6.54 Å². The van der Waals surface area contributed by atoms with Gasteiger partial charge in [0, 0.05) is 43.1 Å². The molecular weight excluding hydrogens is 414 g/mol. The van der Waals surface area contributed by atoms with Crippen molar-refractivity contribution in [3.05, 3.63) is 69.3 Å². The van der Waals surface area contributed by atoms with Crippen molar-refractivity contribution in [2.45, 2.75) is 12.8 Å². The van der Waals surface area contributed by atoms with Gasteiger partial charge >= 0.3 is 0 Å². The smallest absolute Gasteiger partial charge is 0.278 e. The number of nitro benzene ring substituents is 1. The molecule has 3 aromatic heterocycles. The van der Waals surface area contributed by atoms with E-state index in [4.69, 9.17) is 16.1 Å². The van der Waals surface area contributed by atoms with E-state index in [2.05, 4.69) is 25.5 Å². The molecule has 1 atom stereocenters. The first-order valence-corrected chi connectivity index (χ1v) is 9.16. The number of hydrogen-bond acceptors (Lipinski definition) is 8. The lowest BCUT2D eigenvalue weighted by molar-refractivity contribution is -0.384. The van der Waals surface area contributed by atoms with Gasteiger partial charge in [-0.3, -0.25) is 14.9 Å². The summed E-state index contributed by atoms with van der Waals surface area (Å²) < 4.78 is 6.88. The summed E-state index contributed by atoms with van der Waals surface area (Å²) in [6, 6.07) is 7.14. The van der Waals surface area contributed by atoms with Crippen molar-refractivity contribution in [3.63, 3.8) is 0 Å². The van der Waals surface area contributed by atoms with E-state index in [1.165, 1.54) is 12.1 Å². The van der Waals surface area contributed by atoms with Crippen molar-refractivity contribution in [3.8, 4) is 11.6 Å². The summed E-state index contributed by atoms with van der Waals surface area (Å²) in [6.07, 6.45) is 3.41. The molecule has 30 heavy (non-hydrogen) atoms.